The molecule has 3 fully saturated rings. The second-order valence-electron chi connectivity index (χ2n) is 10.9. The molecule has 212 valence electrons. The zero-order chi connectivity index (χ0) is 26.3. The lowest BCUT2D eigenvalue weighted by atomic mass is 9.90. The van der Waals surface area contributed by atoms with Crippen molar-refractivity contribution in [1.29, 1.82) is 0 Å². The number of carboxylic acid groups (broad SMARTS) is 1. The van der Waals surface area contributed by atoms with E-state index in [0.29, 0.717) is 38.4 Å². The first kappa shape index (κ1) is 30.3. The number of aliphatic hydroxyl groups is 1. The van der Waals surface area contributed by atoms with Gasteiger partial charge in [-0.3, -0.25) is 0 Å². The van der Waals surface area contributed by atoms with Crippen LogP contribution in [0.1, 0.15) is 110 Å². The Kier molecular flexibility index (Phi) is 13.6. The van der Waals surface area contributed by atoms with Gasteiger partial charge in [-0.05, 0) is 88.9 Å². The Morgan fingerprint density at radius 2 is 1.59 bits per heavy atom. The molecule has 0 aromatic heterocycles. The Bertz CT molecular complexity index is 674. The van der Waals surface area contributed by atoms with Crippen LogP contribution in [0.4, 0.5) is 0 Å². The van der Waals surface area contributed by atoms with Crippen molar-refractivity contribution in [2.45, 2.75) is 134 Å². The highest BCUT2D eigenvalue weighted by Gasteiger charge is 2.46. The topological polar surface area (TPSA) is 94.5 Å². The van der Waals surface area contributed by atoms with Crippen molar-refractivity contribution in [3.05, 3.63) is 24.3 Å². The van der Waals surface area contributed by atoms with Gasteiger partial charge in [0, 0.05) is 19.6 Å². The lowest BCUT2D eigenvalue weighted by Crippen LogP contribution is -2.51. The zero-order valence-electron chi connectivity index (χ0n) is 22.9. The maximum absolute atomic E-state index is 12.5. The summed E-state index contributed by atoms with van der Waals surface area (Å²) in [4.78, 5) is 12.5. The van der Waals surface area contributed by atoms with Crippen molar-refractivity contribution in [3.8, 4) is 0 Å². The number of carboxylic acids is 1. The second-order valence-corrected chi connectivity index (χ2v) is 10.9. The average Bonchev–Trinajstić information content (AvgIpc) is 3.25. The summed E-state index contributed by atoms with van der Waals surface area (Å²) in [5.74, 6) is -2.32. The number of allylic oxidation sites excluding steroid dienone is 4. The number of aliphatic hydroxyl groups excluding tert-OH is 1. The lowest BCUT2D eigenvalue weighted by molar-refractivity contribution is -0.352. The van der Waals surface area contributed by atoms with E-state index in [1.165, 1.54) is 25.7 Å². The van der Waals surface area contributed by atoms with E-state index in [0.717, 1.165) is 51.4 Å². The van der Waals surface area contributed by atoms with E-state index in [1.807, 2.05) is 6.08 Å². The highest BCUT2D eigenvalue weighted by molar-refractivity contribution is 5.75. The molecule has 0 amide bonds. The molecule has 2 unspecified atom stereocenters. The third kappa shape index (κ3) is 10.1. The Morgan fingerprint density at radius 3 is 2.19 bits per heavy atom. The van der Waals surface area contributed by atoms with Crippen LogP contribution in [-0.4, -0.2) is 53.9 Å². The predicted molar refractivity (Wildman–Crippen MR) is 143 cm³/mol. The molecule has 37 heavy (non-hydrogen) atoms. The van der Waals surface area contributed by atoms with Crippen molar-refractivity contribution >= 4 is 5.97 Å². The van der Waals surface area contributed by atoms with Crippen LogP contribution in [0.25, 0.3) is 0 Å². The van der Waals surface area contributed by atoms with Crippen LogP contribution in [0.2, 0.25) is 0 Å². The molecule has 7 heteroatoms. The predicted octanol–water partition coefficient (Wildman–Crippen LogP) is 6.49. The van der Waals surface area contributed by atoms with Crippen LogP contribution in [0, 0.1) is 11.8 Å². The van der Waals surface area contributed by atoms with Crippen molar-refractivity contribution in [2.24, 2.45) is 11.8 Å². The zero-order valence-corrected chi connectivity index (χ0v) is 22.9. The number of hydrogen-bond donors (Lipinski definition) is 2. The molecule has 0 aromatic rings. The van der Waals surface area contributed by atoms with Gasteiger partial charge in [0.25, 0.3) is 5.79 Å². The van der Waals surface area contributed by atoms with Crippen molar-refractivity contribution < 1.29 is 34.0 Å². The van der Waals surface area contributed by atoms with Gasteiger partial charge in [-0.2, -0.15) is 0 Å². The standard InChI is InChI=1S/C30H50O7/c1-2-3-4-5-6-8-15-24-19-20-26(31)25(24)16-9-7-12-21-30(29(32)33,36-27-17-10-13-22-34-27)37-28-18-11-14-23-35-28/h7-9,15,24-28,31H,2-6,10-14,16-23H2,1H3,(H,32,33)/b9-7-,15-8+/t24-,25+,26-,27?,28?,30?/m0/s1. The summed E-state index contributed by atoms with van der Waals surface area (Å²) >= 11 is 0. The SMILES string of the molecule is CCCCCC/C=C/[C@H]1CC[C@H](O)[C@@H]1C/C=C\CCC(OC1CCCCO1)(OC1CCCCO1)C(=O)O. The van der Waals surface area contributed by atoms with E-state index in [1.54, 1.807) is 0 Å². The van der Waals surface area contributed by atoms with E-state index < -0.39 is 24.3 Å². The minimum absolute atomic E-state index is 0.173. The Hall–Kier alpha value is -1.25. The van der Waals surface area contributed by atoms with Gasteiger partial charge >= 0.3 is 5.97 Å². The van der Waals surface area contributed by atoms with Gasteiger partial charge in [0.1, 0.15) is 0 Å². The van der Waals surface area contributed by atoms with E-state index in [9.17, 15) is 15.0 Å². The molecule has 2 aliphatic heterocycles. The fourth-order valence-electron chi connectivity index (χ4n) is 5.64. The molecule has 1 saturated carbocycles. The molecule has 0 aromatic carbocycles. The highest BCUT2D eigenvalue weighted by Crippen LogP contribution is 2.36. The van der Waals surface area contributed by atoms with E-state index in [-0.39, 0.29) is 18.4 Å². The number of hydrogen-bond acceptors (Lipinski definition) is 6. The summed E-state index contributed by atoms with van der Waals surface area (Å²) < 4.78 is 23.4. The fourth-order valence-corrected chi connectivity index (χ4v) is 5.64. The summed E-state index contributed by atoms with van der Waals surface area (Å²) in [6.07, 6.45) is 21.9. The summed E-state index contributed by atoms with van der Waals surface area (Å²) in [6.45, 7) is 3.36. The van der Waals surface area contributed by atoms with Crippen molar-refractivity contribution in [2.75, 3.05) is 13.2 Å². The molecular weight excluding hydrogens is 472 g/mol. The summed E-state index contributed by atoms with van der Waals surface area (Å²) in [7, 11) is 0. The van der Waals surface area contributed by atoms with Gasteiger partial charge in [0.15, 0.2) is 12.6 Å². The molecule has 5 atom stereocenters. The maximum atomic E-state index is 12.5. The monoisotopic (exact) mass is 522 g/mol. The average molecular weight is 523 g/mol. The summed E-state index contributed by atoms with van der Waals surface area (Å²) in [5, 5.41) is 20.8. The first-order valence-corrected chi connectivity index (χ1v) is 14.9. The maximum Gasteiger partial charge on any atom is 0.364 e. The van der Waals surface area contributed by atoms with Crippen LogP contribution < -0.4 is 0 Å². The summed E-state index contributed by atoms with van der Waals surface area (Å²) in [6, 6.07) is 0. The van der Waals surface area contributed by atoms with Gasteiger partial charge < -0.3 is 29.2 Å². The number of unbranched alkanes of at least 4 members (excludes halogenated alkanes) is 4. The minimum atomic E-state index is -1.80. The molecule has 0 spiro atoms. The first-order chi connectivity index (χ1) is 18.0. The van der Waals surface area contributed by atoms with Crippen LogP contribution in [0.5, 0.6) is 0 Å². The molecule has 2 N–H and O–H groups in total. The fraction of sp³-hybridized carbons (Fsp3) is 0.833. The van der Waals surface area contributed by atoms with Crippen LogP contribution in [0.15, 0.2) is 24.3 Å². The molecule has 1 aliphatic carbocycles. The smallest absolute Gasteiger partial charge is 0.364 e. The van der Waals surface area contributed by atoms with Gasteiger partial charge in [0.05, 0.1) is 6.10 Å². The normalized spacial score (nSPS) is 30.7. The Balaban J connectivity index is 1.54. The third-order valence-electron chi connectivity index (χ3n) is 7.91. The van der Waals surface area contributed by atoms with E-state index >= 15 is 0 Å². The van der Waals surface area contributed by atoms with Crippen LogP contribution in [-0.2, 0) is 23.7 Å². The van der Waals surface area contributed by atoms with Crippen LogP contribution in [0.3, 0.4) is 0 Å². The number of aliphatic carboxylic acids is 1. The molecule has 2 saturated heterocycles. The largest absolute Gasteiger partial charge is 0.477 e. The van der Waals surface area contributed by atoms with E-state index in [4.69, 9.17) is 18.9 Å². The van der Waals surface area contributed by atoms with Gasteiger partial charge in [0.2, 0.25) is 0 Å². The number of ether oxygens (including phenoxy) is 4. The first-order valence-electron chi connectivity index (χ1n) is 14.9. The molecule has 0 bridgehead atoms. The minimum Gasteiger partial charge on any atom is -0.477 e. The van der Waals surface area contributed by atoms with Crippen LogP contribution >= 0.6 is 0 Å². The molecule has 3 aliphatic rings. The second kappa shape index (κ2) is 16.7. The van der Waals surface area contributed by atoms with E-state index in [2.05, 4.69) is 25.2 Å². The third-order valence-corrected chi connectivity index (χ3v) is 7.91. The van der Waals surface area contributed by atoms with Gasteiger partial charge in [-0.15, -0.1) is 0 Å². The van der Waals surface area contributed by atoms with Crippen molar-refractivity contribution in [3.63, 3.8) is 0 Å². The molecule has 2 heterocycles. The highest BCUT2D eigenvalue weighted by atomic mass is 16.8. The quantitative estimate of drug-likeness (QED) is 0.136. The Labute approximate surface area is 223 Å². The van der Waals surface area contributed by atoms with Gasteiger partial charge in [-0.25, -0.2) is 4.79 Å². The Morgan fingerprint density at radius 1 is 0.892 bits per heavy atom. The lowest BCUT2D eigenvalue weighted by Gasteiger charge is -2.37. The van der Waals surface area contributed by atoms with Gasteiger partial charge in [-0.1, -0.05) is 50.5 Å². The van der Waals surface area contributed by atoms with Crippen molar-refractivity contribution in [1.82, 2.24) is 0 Å². The number of rotatable bonds is 16. The molecule has 0 radical (unpaired) electrons. The number of carbonyl (C=O) groups is 1. The summed E-state index contributed by atoms with van der Waals surface area (Å²) in [5.41, 5.74) is 0. The molecule has 3 rings (SSSR count). The molecule has 7 nitrogen and oxygen atoms in total. The molecular formula is C30H50O7.